The number of imidazole rings is 1. The Bertz CT molecular complexity index is 1100. The molecule has 162 valence electrons. The first-order chi connectivity index (χ1) is 14.9. The maximum Gasteiger partial charge on any atom is 0.292 e. The Morgan fingerprint density at radius 3 is 2.84 bits per heavy atom. The minimum absolute atomic E-state index is 0.0218. The molecule has 0 saturated carbocycles. The van der Waals surface area contributed by atoms with E-state index in [2.05, 4.69) is 4.98 Å². The van der Waals surface area contributed by atoms with Crippen LogP contribution in [0, 0.1) is 10.1 Å². The Balaban J connectivity index is 1.52. The van der Waals surface area contributed by atoms with Crippen molar-refractivity contribution in [1.29, 1.82) is 0 Å². The zero-order chi connectivity index (χ0) is 22.0. The van der Waals surface area contributed by atoms with Crippen molar-refractivity contribution in [2.24, 2.45) is 0 Å². The molecule has 2 heterocycles. The highest BCUT2D eigenvalue weighted by atomic mass is 35.5. The summed E-state index contributed by atoms with van der Waals surface area (Å²) in [5.74, 6) is -0.770. The van der Waals surface area contributed by atoms with Crippen LogP contribution in [-0.2, 0) is 21.8 Å². The summed E-state index contributed by atoms with van der Waals surface area (Å²) in [6.45, 7) is 0.708. The summed E-state index contributed by atoms with van der Waals surface area (Å²) in [5, 5.41) is 11.8. The van der Waals surface area contributed by atoms with Crippen LogP contribution in [0.4, 0.5) is 11.4 Å². The molecular formula is C20H18Cl2N4O5. The van der Waals surface area contributed by atoms with Crippen molar-refractivity contribution >= 4 is 34.6 Å². The van der Waals surface area contributed by atoms with Gasteiger partial charge < -0.3 is 24.5 Å². The van der Waals surface area contributed by atoms with Gasteiger partial charge >= 0.3 is 0 Å². The smallest absolute Gasteiger partial charge is 0.292 e. The van der Waals surface area contributed by atoms with Gasteiger partial charge in [0, 0.05) is 35.1 Å². The van der Waals surface area contributed by atoms with Gasteiger partial charge in [0.2, 0.25) is 5.79 Å². The molecule has 0 aliphatic carbocycles. The largest absolute Gasteiger partial charge is 0.491 e. The van der Waals surface area contributed by atoms with Gasteiger partial charge in [0.1, 0.15) is 24.1 Å². The minimum atomic E-state index is -1.16. The first-order valence-electron chi connectivity index (χ1n) is 9.26. The van der Waals surface area contributed by atoms with Gasteiger partial charge in [0.05, 0.1) is 29.4 Å². The molecule has 1 aliphatic rings. The molecule has 0 amide bonds. The van der Waals surface area contributed by atoms with Crippen molar-refractivity contribution in [3.8, 4) is 5.75 Å². The number of nitrogens with two attached hydrogens (primary N) is 1. The topological polar surface area (TPSA) is 115 Å². The lowest BCUT2D eigenvalue weighted by Gasteiger charge is -2.30. The molecule has 11 heteroatoms. The second kappa shape index (κ2) is 8.72. The fourth-order valence-corrected chi connectivity index (χ4v) is 3.91. The molecule has 1 saturated heterocycles. The maximum absolute atomic E-state index is 10.9. The lowest BCUT2D eigenvalue weighted by molar-refractivity contribution is -0.383. The molecule has 3 aromatic rings. The number of ether oxygens (including phenoxy) is 3. The predicted molar refractivity (Wildman–Crippen MR) is 114 cm³/mol. The first kappa shape index (κ1) is 21.4. The lowest BCUT2D eigenvalue weighted by Crippen LogP contribution is -2.34. The molecule has 9 nitrogen and oxygen atoms in total. The Morgan fingerprint density at radius 2 is 2.16 bits per heavy atom. The van der Waals surface area contributed by atoms with E-state index in [-0.39, 0.29) is 24.6 Å². The van der Waals surface area contributed by atoms with Crippen molar-refractivity contribution < 1.29 is 19.1 Å². The van der Waals surface area contributed by atoms with Crippen LogP contribution in [0.15, 0.2) is 55.1 Å². The number of nitro groups is 1. The molecule has 1 aromatic heterocycles. The number of hydrogen-bond acceptors (Lipinski definition) is 7. The standard InChI is InChI=1S/C20H18Cl2N4O5/c21-13-1-3-16(17(22)7-13)20(11-25-6-5-24-12-25)30-10-15(31-20)9-29-14-2-4-19(26(27)28)18(23)8-14/h1-8,12,15H,9-11,23H2. The Kier molecular flexibility index (Phi) is 6.01. The number of rotatable bonds is 7. The van der Waals surface area contributed by atoms with Gasteiger partial charge in [-0.05, 0) is 18.2 Å². The second-order valence-electron chi connectivity index (χ2n) is 6.95. The second-order valence-corrected chi connectivity index (χ2v) is 7.80. The summed E-state index contributed by atoms with van der Waals surface area (Å²) in [6, 6.07) is 9.30. The summed E-state index contributed by atoms with van der Waals surface area (Å²) in [4.78, 5) is 14.4. The van der Waals surface area contributed by atoms with E-state index in [0.717, 1.165) is 0 Å². The van der Waals surface area contributed by atoms with Gasteiger partial charge in [-0.3, -0.25) is 10.1 Å². The zero-order valence-corrected chi connectivity index (χ0v) is 17.6. The summed E-state index contributed by atoms with van der Waals surface area (Å²) in [7, 11) is 0. The van der Waals surface area contributed by atoms with Gasteiger partial charge in [-0.15, -0.1) is 0 Å². The van der Waals surface area contributed by atoms with Crippen LogP contribution in [0.5, 0.6) is 5.75 Å². The SMILES string of the molecule is Nc1cc(OCC2COC(Cn3ccnc3)(c3ccc(Cl)cc3Cl)O2)ccc1[N+](=O)[O-]. The predicted octanol–water partition coefficient (Wildman–Crippen LogP) is 4.03. The van der Waals surface area contributed by atoms with Crippen LogP contribution >= 0.6 is 23.2 Å². The first-order valence-corrected chi connectivity index (χ1v) is 10.0. The molecule has 4 rings (SSSR count). The van der Waals surface area contributed by atoms with Gasteiger partial charge in [-0.25, -0.2) is 4.98 Å². The normalized spacial score (nSPS) is 20.6. The number of aromatic nitrogens is 2. The maximum atomic E-state index is 10.9. The number of nitrogens with zero attached hydrogens (tertiary/aromatic N) is 3. The van der Waals surface area contributed by atoms with E-state index >= 15 is 0 Å². The molecule has 2 atom stereocenters. The molecule has 0 bridgehead atoms. The highest BCUT2D eigenvalue weighted by molar-refractivity contribution is 6.35. The molecule has 2 N–H and O–H groups in total. The number of halogens is 2. The van der Waals surface area contributed by atoms with E-state index < -0.39 is 16.8 Å². The summed E-state index contributed by atoms with van der Waals surface area (Å²) >= 11 is 12.5. The van der Waals surface area contributed by atoms with Crippen molar-refractivity contribution in [3.05, 3.63) is 80.8 Å². The molecule has 1 aliphatic heterocycles. The molecule has 0 spiro atoms. The van der Waals surface area contributed by atoms with E-state index in [1.165, 1.54) is 18.2 Å². The molecule has 1 fully saturated rings. The van der Waals surface area contributed by atoms with E-state index in [4.69, 9.17) is 43.1 Å². The molecule has 2 aromatic carbocycles. The van der Waals surface area contributed by atoms with Crippen LogP contribution in [0.3, 0.4) is 0 Å². The average molecular weight is 465 g/mol. The highest BCUT2D eigenvalue weighted by Crippen LogP contribution is 2.40. The summed E-state index contributed by atoms with van der Waals surface area (Å²) in [5.41, 5.74) is 6.20. The highest BCUT2D eigenvalue weighted by Gasteiger charge is 2.45. The van der Waals surface area contributed by atoms with Crippen molar-refractivity contribution in [3.63, 3.8) is 0 Å². The minimum Gasteiger partial charge on any atom is -0.491 e. The van der Waals surface area contributed by atoms with Crippen LogP contribution < -0.4 is 10.5 Å². The number of nitrogen functional groups attached to an aromatic ring is 1. The monoisotopic (exact) mass is 464 g/mol. The third kappa shape index (κ3) is 4.59. The van der Waals surface area contributed by atoms with E-state index in [9.17, 15) is 10.1 Å². The van der Waals surface area contributed by atoms with Crippen LogP contribution in [-0.4, -0.2) is 33.8 Å². The lowest BCUT2D eigenvalue weighted by atomic mass is 10.1. The van der Waals surface area contributed by atoms with Gasteiger partial charge in [0.15, 0.2) is 0 Å². The summed E-state index contributed by atoms with van der Waals surface area (Å²) < 4.78 is 19.9. The fourth-order valence-electron chi connectivity index (χ4n) is 3.35. The van der Waals surface area contributed by atoms with E-state index in [0.29, 0.717) is 27.9 Å². The van der Waals surface area contributed by atoms with Crippen molar-refractivity contribution in [2.45, 2.75) is 18.4 Å². The number of nitro benzene ring substituents is 1. The summed E-state index contributed by atoms with van der Waals surface area (Å²) in [6.07, 6.45) is 4.68. The van der Waals surface area contributed by atoms with Crippen LogP contribution in [0.1, 0.15) is 5.56 Å². The Labute approximate surface area is 187 Å². The van der Waals surface area contributed by atoms with E-state index in [1.54, 1.807) is 36.9 Å². The Morgan fingerprint density at radius 1 is 1.32 bits per heavy atom. The average Bonchev–Trinajstić information content (AvgIpc) is 3.37. The fraction of sp³-hybridized carbons (Fsp3) is 0.250. The van der Waals surface area contributed by atoms with Crippen molar-refractivity contribution in [1.82, 2.24) is 9.55 Å². The molecule has 0 radical (unpaired) electrons. The Hall–Kier alpha value is -2.85. The zero-order valence-electron chi connectivity index (χ0n) is 16.1. The quantitative estimate of drug-likeness (QED) is 0.318. The third-order valence-corrected chi connectivity index (χ3v) is 5.33. The van der Waals surface area contributed by atoms with Crippen molar-refractivity contribution in [2.75, 3.05) is 18.9 Å². The number of benzene rings is 2. The van der Waals surface area contributed by atoms with Gasteiger partial charge in [-0.2, -0.15) is 0 Å². The molecule has 31 heavy (non-hydrogen) atoms. The van der Waals surface area contributed by atoms with Crippen LogP contribution in [0.25, 0.3) is 0 Å². The molecule has 2 unspecified atom stereocenters. The van der Waals surface area contributed by atoms with Gasteiger partial charge in [-0.1, -0.05) is 29.3 Å². The number of hydrogen-bond donors (Lipinski definition) is 1. The van der Waals surface area contributed by atoms with E-state index in [1.807, 2.05) is 4.57 Å². The number of anilines is 1. The van der Waals surface area contributed by atoms with Gasteiger partial charge in [0.25, 0.3) is 5.69 Å². The third-order valence-electron chi connectivity index (χ3n) is 4.78. The molecular weight excluding hydrogens is 447 g/mol. The van der Waals surface area contributed by atoms with Crippen LogP contribution in [0.2, 0.25) is 10.0 Å².